The Morgan fingerprint density at radius 3 is 2.09 bits per heavy atom. The second-order valence-electron chi connectivity index (χ2n) is 5.39. The van der Waals surface area contributed by atoms with Crippen molar-refractivity contribution in [2.45, 2.75) is 0 Å². The summed E-state index contributed by atoms with van der Waals surface area (Å²) in [5.74, 6) is 0.533. The molecule has 4 aromatic carbocycles. The van der Waals surface area contributed by atoms with Crippen LogP contribution < -0.4 is 0 Å². The van der Waals surface area contributed by atoms with E-state index in [4.69, 9.17) is 0 Å². The Labute approximate surface area is 127 Å². The maximum atomic E-state index is 10.1. The summed E-state index contributed by atoms with van der Waals surface area (Å²) in [4.78, 5) is 0. The van der Waals surface area contributed by atoms with Crippen LogP contribution in [0.4, 0.5) is 0 Å². The minimum absolute atomic E-state index is 0.253. The average molecular weight is 286 g/mol. The molecule has 0 aromatic heterocycles. The van der Waals surface area contributed by atoms with E-state index < -0.39 is 0 Å². The summed E-state index contributed by atoms with van der Waals surface area (Å²) in [6.07, 6.45) is 0. The highest BCUT2D eigenvalue weighted by Gasteiger charge is 2.09. The maximum Gasteiger partial charge on any atom is 0.123 e. The van der Waals surface area contributed by atoms with Crippen LogP contribution in [-0.4, -0.2) is 10.2 Å². The van der Waals surface area contributed by atoms with Gasteiger partial charge in [-0.2, -0.15) is 0 Å². The standard InChI is InChI=1S/C20H14O2/c21-14-11-10-13-4-1-5-17(19(13)12-14)15-6-2-8-18-16(15)7-3-9-20(18)22/h1-12,21-22H. The van der Waals surface area contributed by atoms with Crippen LogP contribution in [0.2, 0.25) is 0 Å². The fourth-order valence-electron chi connectivity index (χ4n) is 3.02. The number of hydrogen-bond donors (Lipinski definition) is 2. The highest BCUT2D eigenvalue weighted by Crippen LogP contribution is 2.37. The van der Waals surface area contributed by atoms with Gasteiger partial charge < -0.3 is 10.2 Å². The molecular formula is C20H14O2. The normalized spacial score (nSPS) is 11.1. The first kappa shape index (κ1) is 12.7. The van der Waals surface area contributed by atoms with Gasteiger partial charge in [0.05, 0.1) is 0 Å². The predicted molar refractivity (Wildman–Crippen MR) is 90.2 cm³/mol. The summed E-state index contributed by atoms with van der Waals surface area (Å²) in [6, 6.07) is 22.9. The molecule has 4 rings (SSSR count). The van der Waals surface area contributed by atoms with Gasteiger partial charge in [-0.25, -0.2) is 0 Å². The number of aromatic hydroxyl groups is 2. The van der Waals surface area contributed by atoms with Crippen LogP contribution in [0.15, 0.2) is 72.8 Å². The van der Waals surface area contributed by atoms with E-state index in [0.29, 0.717) is 0 Å². The van der Waals surface area contributed by atoms with E-state index in [-0.39, 0.29) is 11.5 Å². The van der Waals surface area contributed by atoms with Gasteiger partial charge in [0.2, 0.25) is 0 Å². The molecule has 0 aliphatic carbocycles. The molecule has 0 bridgehead atoms. The molecule has 106 valence electrons. The fourth-order valence-corrected chi connectivity index (χ4v) is 3.02. The van der Waals surface area contributed by atoms with Crippen molar-refractivity contribution in [2.24, 2.45) is 0 Å². The second-order valence-corrected chi connectivity index (χ2v) is 5.39. The van der Waals surface area contributed by atoms with Crippen molar-refractivity contribution in [3.8, 4) is 22.6 Å². The van der Waals surface area contributed by atoms with Crippen molar-refractivity contribution in [3.05, 3.63) is 72.8 Å². The summed E-state index contributed by atoms with van der Waals surface area (Å²) in [6.45, 7) is 0. The van der Waals surface area contributed by atoms with Crippen LogP contribution >= 0.6 is 0 Å². The average Bonchev–Trinajstić information content (AvgIpc) is 2.54. The summed E-state index contributed by atoms with van der Waals surface area (Å²) in [5, 5.41) is 23.8. The number of phenolic OH excluding ortho intramolecular Hbond substituents is 2. The van der Waals surface area contributed by atoms with E-state index in [1.807, 2.05) is 54.6 Å². The Morgan fingerprint density at radius 1 is 0.545 bits per heavy atom. The van der Waals surface area contributed by atoms with Crippen molar-refractivity contribution in [1.29, 1.82) is 0 Å². The van der Waals surface area contributed by atoms with Gasteiger partial charge >= 0.3 is 0 Å². The van der Waals surface area contributed by atoms with Gasteiger partial charge in [-0.15, -0.1) is 0 Å². The highest BCUT2D eigenvalue weighted by atomic mass is 16.3. The Bertz CT molecular complexity index is 991. The lowest BCUT2D eigenvalue weighted by Gasteiger charge is -2.11. The fraction of sp³-hybridized carbons (Fsp3) is 0. The number of fused-ring (bicyclic) bond motifs is 2. The van der Waals surface area contributed by atoms with Crippen molar-refractivity contribution in [3.63, 3.8) is 0 Å². The predicted octanol–water partition coefficient (Wildman–Crippen LogP) is 5.07. The molecule has 0 amide bonds. The molecule has 0 unspecified atom stereocenters. The zero-order valence-electron chi connectivity index (χ0n) is 11.8. The van der Waals surface area contributed by atoms with E-state index >= 15 is 0 Å². The zero-order valence-corrected chi connectivity index (χ0v) is 11.8. The quantitative estimate of drug-likeness (QED) is 0.513. The number of phenols is 2. The Kier molecular flexibility index (Phi) is 2.76. The van der Waals surface area contributed by atoms with E-state index in [9.17, 15) is 10.2 Å². The summed E-state index contributed by atoms with van der Waals surface area (Å²) < 4.78 is 0. The van der Waals surface area contributed by atoms with Crippen molar-refractivity contribution < 1.29 is 10.2 Å². The van der Waals surface area contributed by atoms with Gasteiger partial charge in [0.15, 0.2) is 0 Å². The minimum Gasteiger partial charge on any atom is -0.508 e. The molecule has 0 saturated heterocycles. The molecule has 2 heteroatoms. The number of rotatable bonds is 1. The van der Waals surface area contributed by atoms with E-state index in [1.54, 1.807) is 18.2 Å². The van der Waals surface area contributed by atoms with Crippen LogP contribution in [0.3, 0.4) is 0 Å². The van der Waals surface area contributed by atoms with Crippen molar-refractivity contribution in [1.82, 2.24) is 0 Å². The van der Waals surface area contributed by atoms with Gasteiger partial charge in [-0.1, -0.05) is 54.6 Å². The van der Waals surface area contributed by atoms with Crippen molar-refractivity contribution in [2.75, 3.05) is 0 Å². The molecule has 0 aliphatic heterocycles. The third kappa shape index (κ3) is 1.89. The van der Waals surface area contributed by atoms with Gasteiger partial charge in [0, 0.05) is 5.39 Å². The highest BCUT2D eigenvalue weighted by molar-refractivity contribution is 6.06. The molecule has 0 heterocycles. The lowest BCUT2D eigenvalue weighted by atomic mass is 9.93. The third-order valence-corrected chi connectivity index (χ3v) is 4.05. The summed E-state index contributed by atoms with van der Waals surface area (Å²) >= 11 is 0. The molecule has 2 nitrogen and oxygen atoms in total. The topological polar surface area (TPSA) is 40.5 Å². The Balaban J connectivity index is 2.12. The third-order valence-electron chi connectivity index (χ3n) is 4.05. The largest absolute Gasteiger partial charge is 0.508 e. The van der Waals surface area contributed by atoms with Crippen LogP contribution in [0.25, 0.3) is 32.7 Å². The Hall–Kier alpha value is -3.00. The van der Waals surface area contributed by atoms with Gasteiger partial charge in [0.25, 0.3) is 0 Å². The molecule has 2 N–H and O–H groups in total. The first-order chi connectivity index (χ1) is 10.7. The van der Waals surface area contributed by atoms with Crippen LogP contribution in [0.5, 0.6) is 11.5 Å². The number of benzene rings is 4. The smallest absolute Gasteiger partial charge is 0.123 e. The van der Waals surface area contributed by atoms with E-state index in [0.717, 1.165) is 32.7 Å². The van der Waals surface area contributed by atoms with Gasteiger partial charge in [-0.05, 0) is 45.5 Å². The van der Waals surface area contributed by atoms with Crippen LogP contribution in [0.1, 0.15) is 0 Å². The molecule has 4 aromatic rings. The molecule has 0 atom stereocenters. The lowest BCUT2D eigenvalue weighted by molar-refractivity contribution is 0.476. The van der Waals surface area contributed by atoms with Crippen LogP contribution in [0, 0.1) is 0 Å². The monoisotopic (exact) mass is 286 g/mol. The minimum atomic E-state index is 0.253. The maximum absolute atomic E-state index is 10.1. The first-order valence-corrected chi connectivity index (χ1v) is 7.17. The number of hydrogen-bond acceptors (Lipinski definition) is 2. The van der Waals surface area contributed by atoms with Crippen molar-refractivity contribution >= 4 is 21.5 Å². The zero-order chi connectivity index (χ0) is 15.1. The van der Waals surface area contributed by atoms with Crippen LogP contribution in [-0.2, 0) is 0 Å². The molecule has 0 spiro atoms. The summed E-state index contributed by atoms with van der Waals surface area (Å²) in [7, 11) is 0. The van der Waals surface area contributed by atoms with E-state index in [2.05, 4.69) is 0 Å². The SMILES string of the molecule is Oc1ccc2cccc(-c3cccc4c(O)cccc34)c2c1. The molecule has 22 heavy (non-hydrogen) atoms. The molecule has 0 radical (unpaired) electrons. The molecule has 0 aliphatic rings. The Morgan fingerprint density at radius 2 is 1.23 bits per heavy atom. The molecule has 0 saturated carbocycles. The molecular weight excluding hydrogens is 272 g/mol. The lowest BCUT2D eigenvalue weighted by Crippen LogP contribution is -1.84. The second kappa shape index (κ2) is 4.78. The van der Waals surface area contributed by atoms with E-state index in [1.165, 1.54) is 0 Å². The van der Waals surface area contributed by atoms with Gasteiger partial charge in [-0.3, -0.25) is 0 Å². The van der Waals surface area contributed by atoms with Gasteiger partial charge in [0.1, 0.15) is 11.5 Å². The first-order valence-electron chi connectivity index (χ1n) is 7.17. The summed E-state index contributed by atoms with van der Waals surface area (Å²) in [5.41, 5.74) is 2.09. The molecule has 0 fully saturated rings.